The van der Waals surface area contributed by atoms with Crippen LogP contribution in [0.2, 0.25) is 0 Å². The monoisotopic (exact) mass is 269 g/mol. The van der Waals surface area contributed by atoms with Crippen molar-refractivity contribution < 1.29 is 13.5 Å². The van der Waals surface area contributed by atoms with Gasteiger partial charge in [0.1, 0.15) is 0 Å². The molecule has 4 heteroatoms. The van der Waals surface area contributed by atoms with E-state index in [1.807, 2.05) is 14.0 Å². The Morgan fingerprint density at radius 2 is 1.95 bits per heavy atom. The molecule has 1 N–H and O–H groups in total. The molecule has 106 valence electrons. The van der Waals surface area contributed by atoms with E-state index in [0.717, 1.165) is 31.2 Å². The third-order valence-corrected chi connectivity index (χ3v) is 3.97. The van der Waals surface area contributed by atoms with Crippen molar-refractivity contribution in [2.75, 3.05) is 13.7 Å². The molecule has 0 amide bonds. The van der Waals surface area contributed by atoms with Crippen LogP contribution in [0.4, 0.5) is 8.78 Å². The van der Waals surface area contributed by atoms with Crippen LogP contribution in [-0.2, 0) is 4.74 Å². The molecule has 1 aromatic carbocycles. The summed E-state index contributed by atoms with van der Waals surface area (Å²) in [6.07, 6.45) is 4.13. The fourth-order valence-corrected chi connectivity index (χ4v) is 3.20. The second-order valence-electron chi connectivity index (χ2n) is 5.10. The Morgan fingerprint density at radius 1 is 1.26 bits per heavy atom. The minimum Gasteiger partial charge on any atom is -0.373 e. The molecule has 1 saturated carbocycles. The van der Waals surface area contributed by atoms with Crippen LogP contribution in [0.1, 0.15) is 44.2 Å². The van der Waals surface area contributed by atoms with Crippen LogP contribution in [0.15, 0.2) is 18.2 Å². The van der Waals surface area contributed by atoms with Crippen LogP contribution >= 0.6 is 0 Å². The molecule has 0 saturated heterocycles. The van der Waals surface area contributed by atoms with Gasteiger partial charge in [0, 0.05) is 6.61 Å². The number of likely N-dealkylation sites (N-methyl/N-ethyl adjacent to an activating group) is 1. The lowest BCUT2D eigenvalue weighted by Crippen LogP contribution is -2.43. The van der Waals surface area contributed by atoms with E-state index in [9.17, 15) is 8.78 Å². The molecule has 0 heterocycles. The predicted molar refractivity (Wildman–Crippen MR) is 71.0 cm³/mol. The summed E-state index contributed by atoms with van der Waals surface area (Å²) in [5.41, 5.74) is 0.449. The predicted octanol–water partition coefficient (Wildman–Crippen LogP) is 3.57. The number of benzene rings is 1. The van der Waals surface area contributed by atoms with E-state index in [4.69, 9.17) is 4.74 Å². The summed E-state index contributed by atoms with van der Waals surface area (Å²) in [5.74, 6) is -1.61. The van der Waals surface area contributed by atoms with Gasteiger partial charge in [-0.15, -0.1) is 0 Å². The van der Waals surface area contributed by atoms with Crippen molar-refractivity contribution in [2.24, 2.45) is 0 Å². The summed E-state index contributed by atoms with van der Waals surface area (Å²) < 4.78 is 32.5. The first kappa shape index (κ1) is 14.4. The summed E-state index contributed by atoms with van der Waals surface area (Å²) in [6, 6.07) is 3.99. The van der Waals surface area contributed by atoms with Gasteiger partial charge in [0.2, 0.25) is 0 Å². The van der Waals surface area contributed by atoms with Gasteiger partial charge in [-0.1, -0.05) is 18.9 Å². The van der Waals surface area contributed by atoms with Crippen molar-refractivity contribution in [3.63, 3.8) is 0 Å². The lowest BCUT2D eigenvalue weighted by atomic mass is 9.86. The molecular weight excluding hydrogens is 248 g/mol. The highest BCUT2D eigenvalue weighted by Crippen LogP contribution is 2.43. The molecule has 0 bridgehead atoms. The van der Waals surface area contributed by atoms with E-state index in [1.54, 1.807) is 6.07 Å². The van der Waals surface area contributed by atoms with Gasteiger partial charge >= 0.3 is 0 Å². The average molecular weight is 269 g/mol. The van der Waals surface area contributed by atoms with Gasteiger partial charge in [-0.05, 0) is 44.5 Å². The Morgan fingerprint density at radius 3 is 2.47 bits per heavy atom. The molecule has 0 aromatic heterocycles. The van der Waals surface area contributed by atoms with E-state index < -0.39 is 11.6 Å². The lowest BCUT2D eigenvalue weighted by Gasteiger charge is -2.37. The number of hydrogen-bond donors (Lipinski definition) is 1. The highest BCUT2D eigenvalue weighted by atomic mass is 19.2. The van der Waals surface area contributed by atoms with Crippen molar-refractivity contribution >= 4 is 0 Å². The van der Waals surface area contributed by atoms with Gasteiger partial charge in [-0.3, -0.25) is 0 Å². The highest BCUT2D eigenvalue weighted by Gasteiger charge is 2.42. The molecule has 1 aliphatic carbocycles. The van der Waals surface area contributed by atoms with E-state index in [-0.39, 0.29) is 11.6 Å². The van der Waals surface area contributed by atoms with Crippen LogP contribution in [0.3, 0.4) is 0 Å². The number of hydrogen-bond acceptors (Lipinski definition) is 2. The number of halogens is 2. The Kier molecular flexibility index (Phi) is 4.53. The molecule has 0 aliphatic heterocycles. The second kappa shape index (κ2) is 5.97. The minimum atomic E-state index is -0.810. The minimum absolute atomic E-state index is 0.106. The molecule has 2 nitrogen and oxygen atoms in total. The number of nitrogens with one attached hydrogen (secondary N) is 1. The zero-order chi connectivity index (χ0) is 13.9. The quantitative estimate of drug-likeness (QED) is 0.882. The number of rotatable bonds is 5. The molecular formula is C15H21F2NO. The second-order valence-corrected chi connectivity index (χ2v) is 5.10. The molecule has 0 radical (unpaired) electrons. The highest BCUT2D eigenvalue weighted by molar-refractivity contribution is 5.25. The van der Waals surface area contributed by atoms with Crippen molar-refractivity contribution in [1.82, 2.24) is 5.32 Å². The summed E-state index contributed by atoms with van der Waals surface area (Å²) in [4.78, 5) is 0. The maximum absolute atomic E-state index is 13.4. The Bertz CT molecular complexity index is 430. The first-order valence-electron chi connectivity index (χ1n) is 6.89. The molecule has 1 atom stereocenters. The Labute approximate surface area is 113 Å². The van der Waals surface area contributed by atoms with E-state index in [0.29, 0.717) is 6.61 Å². The first-order chi connectivity index (χ1) is 9.13. The van der Waals surface area contributed by atoms with Crippen LogP contribution < -0.4 is 5.32 Å². The molecule has 1 aliphatic rings. The third kappa shape index (κ3) is 2.79. The van der Waals surface area contributed by atoms with Gasteiger partial charge < -0.3 is 10.1 Å². The number of ether oxygens (including phenoxy) is 1. The molecule has 2 rings (SSSR count). The zero-order valence-electron chi connectivity index (χ0n) is 11.5. The molecule has 1 fully saturated rings. The standard InChI is InChI=1S/C15H21F2NO/c1-3-19-15(8-4-5-9-15)14(18-2)11-6-7-12(16)13(17)10-11/h6-7,10,14,18H,3-5,8-9H2,1-2H3. The topological polar surface area (TPSA) is 21.3 Å². The largest absolute Gasteiger partial charge is 0.373 e. The third-order valence-electron chi connectivity index (χ3n) is 3.97. The van der Waals surface area contributed by atoms with Gasteiger partial charge in [-0.2, -0.15) is 0 Å². The zero-order valence-corrected chi connectivity index (χ0v) is 11.5. The van der Waals surface area contributed by atoms with Crippen LogP contribution in [0.25, 0.3) is 0 Å². The summed E-state index contributed by atoms with van der Waals surface area (Å²) in [5, 5.41) is 3.22. The molecule has 1 aromatic rings. The summed E-state index contributed by atoms with van der Waals surface area (Å²) in [6.45, 7) is 2.60. The van der Waals surface area contributed by atoms with Gasteiger partial charge in [0.05, 0.1) is 11.6 Å². The van der Waals surface area contributed by atoms with Gasteiger partial charge in [0.15, 0.2) is 11.6 Å². The van der Waals surface area contributed by atoms with Gasteiger partial charge in [0.25, 0.3) is 0 Å². The van der Waals surface area contributed by atoms with E-state index in [1.165, 1.54) is 12.1 Å². The van der Waals surface area contributed by atoms with E-state index >= 15 is 0 Å². The van der Waals surface area contributed by atoms with Crippen molar-refractivity contribution in [1.29, 1.82) is 0 Å². The van der Waals surface area contributed by atoms with Crippen molar-refractivity contribution in [3.05, 3.63) is 35.4 Å². The van der Waals surface area contributed by atoms with Crippen LogP contribution in [0, 0.1) is 11.6 Å². The lowest BCUT2D eigenvalue weighted by molar-refractivity contribution is -0.0611. The van der Waals surface area contributed by atoms with Gasteiger partial charge in [-0.25, -0.2) is 8.78 Å². The normalized spacial score (nSPS) is 19.6. The Balaban J connectivity index is 2.33. The summed E-state index contributed by atoms with van der Waals surface area (Å²) in [7, 11) is 1.84. The molecule has 1 unspecified atom stereocenters. The van der Waals surface area contributed by atoms with Crippen LogP contribution in [0.5, 0.6) is 0 Å². The van der Waals surface area contributed by atoms with Crippen LogP contribution in [-0.4, -0.2) is 19.3 Å². The van der Waals surface area contributed by atoms with Crippen molar-refractivity contribution in [2.45, 2.75) is 44.2 Å². The van der Waals surface area contributed by atoms with E-state index in [2.05, 4.69) is 5.32 Å². The van der Waals surface area contributed by atoms with Crippen molar-refractivity contribution in [3.8, 4) is 0 Å². The fourth-order valence-electron chi connectivity index (χ4n) is 3.20. The SMILES string of the molecule is CCOC1(C(NC)c2ccc(F)c(F)c2)CCCC1. The fraction of sp³-hybridized carbons (Fsp3) is 0.600. The maximum atomic E-state index is 13.4. The maximum Gasteiger partial charge on any atom is 0.159 e. The Hall–Kier alpha value is -1.00. The first-order valence-corrected chi connectivity index (χ1v) is 6.89. The smallest absolute Gasteiger partial charge is 0.159 e. The summed E-state index contributed by atoms with van der Waals surface area (Å²) >= 11 is 0. The average Bonchev–Trinajstić information content (AvgIpc) is 2.84. The molecule has 0 spiro atoms. The molecule has 19 heavy (non-hydrogen) atoms.